The molecule has 0 fully saturated rings. The Kier molecular flexibility index (Phi) is 7.08. The molecule has 1 heterocycles. The smallest absolute Gasteiger partial charge is 0.268 e. The van der Waals surface area contributed by atoms with Crippen molar-refractivity contribution in [3.8, 4) is 28.1 Å². The van der Waals surface area contributed by atoms with E-state index in [1.54, 1.807) is 36.4 Å². The molecule has 38 heavy (non-hydrogen) atoms. The fourth-order valence-electron chi connectivity index (χ4n) is 4.32. The van der Waals surface area contributed by atoms with Crippen LogP contribution in [0.1, 0.15) is 39.3 Å². The average Bonchev–Trinajstić information content (AvgIpc) is 3.40. The van der Waals surface area contributed by atoms with Crippen molar-refractivity contribution in [2.75, 3.05) is 0 Å². The Bertz CT molecular complexity index is 1520. The number of aromatic amines is 1. The Morgan fingerprint density at radius 3 is 2.34 bits per heavy atom. The molecule has 0 atom stereocenters. The highest BCUT2D eigenvalue weighted by molar-refractivity contribution is 6.01. The number of aromatic nitrogens is 1. The third-order valence-electron chi connectivity index (χ3n) is 6.44. The monoisotopic (exact) mass is 504 g/mol. The molecule has 6 N–H and O–H groups in total. The number of H-pyrrole nitrogens is 1. The molecule has 7 heteroatoms. The van der Waals surface area contributed by atoms with Crippen LogP contribution in [-0.2, 0) is 6.54 Å². The van der Waals surface area contributed by atoms with Gasteiger partial charge in [-0.2, -0.15) is 0 Å². The molecule has 190 valence electrons. The maximum Gasteiger partial charge on any atom is 0.268 e. The van der Waals surface area contributed by atoms with E-state index >= 15 is 0 Å². The molecule has 0 radical (unpaired) electrons. The van der Waals surface area contributed by atoms with E-state index in [2.05, 4.69) is 15.6 Å². The van der Waals surface area contributed by atoms with Gasteiger partial charge in [0.2, 0.25) is 0 Å². The summed E-state index contributed by atoms with van der Waals surface area (Å²) in [4.78, 5) is 29.1. The Labute approximate surface area is 220 Å². The van der Waals surface area contributed by atoms with Gasteiger partial charge in [-0.15, -0.1) is 0 Å². The molecular formula is C31H28N4O3. The first-order valence-corrected chi connectivity index (χ1v) is 12.4. The minimum absolute atomic E-state index is 0.178. The summed E-state index contributed by atoms with van der Waals surface area (Å²) in [7, 11) is 0. The highest BCUT2D eigenvalue weighted by Crippen LogP contribution is 2.30. The Hall–Kier alpha value is -5.04. The zero-order valence-electron chi connectivity index (χ0n) is 20.7. The van der Waals surface area contributed by atoms with Crippen molar-refractivity contribution >= 4 is 11.8 Å². The van der Waals surface area contributed by atoms with Gasteiger partial charge in [-0.05, 0) is 78.1 Å². The van der Waals surface area contributed by atoms with Gasteiger partial charge < -0.3 is 26.5 Å². The number of amides is 2. The molecule has 1 aliphatic rings. The maximum atomic E-state index is 13.3. The Morgan fingerprint density at radius 1 is 0.895 bits per heavy atom. The summed E-state index contributed by atoms with van der Waals surface area (Å²) in [6.45, 7) is 0.295. The second kappa shape index (κ2) is 10.9. The molecule has 0 spiro atoms. The number of carbonyl (C=O) groups excluding carboxylic acids is 2. The van der Waals surface area contributed by atoms with Crippen LogP contribution < -0.4 is 16.4 Å². The third-order valence-corrected chi connectivity index (χ3v) is 6.44. The number of nitrogens with one attached hydrogen (secondary N) is 3. The van der Waals surface area contributed by atoms with E-state index in [9.17, 15) is 14.7 Å². The normalized spacial score (nSPS) is 12.8. The summed E-state index contributed by atoms with van der Waals surface area (Å²) in [6.07, 6.45) is 5.42. The summed E-state index contributed by atoms with van der Waals surface area (Å²) >= 11 is 0. The van der Waals surface area contributed by atoms with Crippen LogP contribution >= 0.6 is 0 Å². The number of phenolic OH excluding ortho intramolecular Hbond substituents is 1. The second-order valence-corrected chi connectivity index (χ2v) is 9.10. The summed E-state index contributed by atoms with van der Waals surface area (Å²) < 4.78 is 0. The summed E-state index contributed by atoms with van der Waals surface area (Å²) in [5, 5.41) is 15.5. The maximum absolute atomic E-state index is 13.3. The van der Waals surface area contributed by atoms with Crippen LogP contribution in [0.2, 0.25) is 0 Å². The fraction of sp³-hybridized carbons (Fsp3) is 0.0968. The van der Waals surface area contributed by atoms with Gasteiger partial charge in [0, 0.05) is 29.1 Å². The lowest BCUT2D eigenvalue weighted by atomic mass is 10.0. The van der Waals surface area contributed by atoms with Crippen molar-refractivity contribution < 1.29 is 14.7 Å². The molecule has 0 bridgehead atoms. The van der Waals surface area contributed by atoms with Gasteiger partial charge in [0.05, 0.1) is 5.70 Å². The molecule has 0 unspecified atom stereocenters. The molecule has 5 rings (SSSR count). The van der Waals surface area contributed by atoms with Crippen LogP contribution in [0.15, 0.2) is 108 Å². The molecule has 1 aromatic heterocycles. The van der Waals surface area contributed by atoms with Crippen molar-refractivity contribution in [3.63, 3.8) is 0 Å². The van der Waals surface area contributed by atoms with Crippen molar-refractivity contribution in [1.29, 1.82) is 0 Å². The number of phenols is 1. The van der Waals surface area contributed by atoms with Gasteiger partial charge in [0.15, 0.2) is 0 Å². The Morgan fingerprint density at radius 2 is 1.63 bits per heavy atom. The van der Waals surface area contributed by atoms with Crippen molar-refractivity contribution in [2.45, 2.75) is 19.4 Å². The van der Waals surface area contributed by atoms with E-state index in [1.807, 2.05) is 60.7 Å². The van der Waals surface area contributed by atoms with Gasteiger partial charge in [-0.25, -0.2) is 0 Å². The van der Waals surface area contributed by atoms with Crippen LogP contribution in [0.3, 0.4) is 0 Å². The van der Waals surface area contributed by atoms with E-state index in [1.165, 1.54) is 0 Å². The van der Waals surface area contributed by atoms with Crippen LogP contribution in [0, 0.1) is 0 Å². The number of nitrogens with two attached hydrogens (primary N) is 1. The summed E-state index contributed by atoms with van der Waals surface area (Å²) in [6, 6.07) is 25.5. The van der Waals surface area contributed by atoms with E-state index in [-0.39, 0.29) is 17.6 Å². The molecule has 0 saturated heterocycles. The number of rotatable bonds is 7. The number of hydrogen-bond acceptors (Lipinski definition) is 4. The molecule has 0 aliphatic heterocycles. The van der Waals surface area contributed by atoms with Crippen LogP contribution in [0.4, 0.5) is 0 Å². The minimum atomic E-state index is -0.248. The highest BCUT2D eigenvalue weighted by atomic mass is 16.3. The van der Waals surface area contributed by atoms with E-state index in [4.69, 9.17) is 5.73 Å². The molecule has 0 saturated carbocycles. The molecule has 2 amide bonds. The van der Waals surface area contributed by atoms with Gasteiger partial charge >= 0.3 is 0 Å². The van der Waals surface area contributed by atoms with E-state index in [0.717, 1.165) is 40.8 Å². The van der Waals surface area contributed by atoms with Crippen LogP contribution in [0.25, 0.3) is 22.4 Å². The van der Waals surface area contributed by atoms with E-state index < -0.39 is 0 Å². The molecular weight excluding hydrogens is 476 g/mol. The number of benzene rings is 3. The summed E-state index contributed by atoms with van der Waals surface area (Å²) in [5.74, 6) is -0.301. The Balaban J connectivity index is 1.30. The quantitative estimate of drug-likeness (QED) is 0.237. The SMILES string of the molecule is NC1=C(NC(=O)c2ccc(CNC(=O)c3[nH]c(-c4ccc(O)cc4)cc3-c3ccccc3)cc2)C=CCC1. The molecule has 3 aromatic carbocycles. The number of hydrogen-bond donors (Lipinski definition) is 5. The highest BCUT2D eigenvalue weighted by Gasteiger charge is 2.18. The van der Waals surface area contributed by atoms with Crippen molar-refractivity contribution in [1.82, 2.24) is 15.6 Å². The fourth-order valence-corrected chi connectivity index (χ4v) is 4.32. The first-order valence-electron chi connectivity index (χ1n) is 12.4. The van der Waals surface area contributed by atoms with Gasteiger partial charge in [0.25, 0.3) is 11.8 Å². The van der Waals surface area contributed by atoms with Gasteiger partial charge in [0.1, 0.15) is 11.4 Å². The van der Waals surface area contributed by atoms with E-state index in [0.29, 0.717) is 29.2 Å². The average molecular weight is 505 g/mol. The first-order chi connectivity index (χ1) is 18.5. The lowest BCUT2D eigenvalue weighted by molar-refractivity contribution is 0.0943. The number of carbonyl (C=O) groups is 2. The van der Waals surface area contributed by atoms with Crippen molar-refractivity contribution in [2.24, 2.45) is 5.73 Å². The predicted octanol–water partition coefficient (Wildman–Crippen LogP) is 5.23. The van der Waals surface area contributed by atoms with Crippen LogP contribution in [0.5, 0.6) is 5.75 Å². The molecule has 1 aliphatic carbocycles. The summed E-state index contributed by atoms with van der Waals surface area (Å²) in [5.41, 5.74) is 12.4. The second-order valence-electron chi connectivity index (χ2n) is 9.10. The standard InChI is InChI=1S/C31H28N4O3/c32-26-8-4-5-9-27(26)35-30(37)23-12-10-20(11-13-23)19-33-31(38)29-25(21-6-2-1-3-7-21)18-28(34-29)22-14-16-24(36)17-15-22/h1-3,5-7,9-18,34,36H,4,8,19,32H2,(H,33,38)(H,35,37). The van der Waals surface area contributed by atoms with Gasteiger partial charge in [-0.3, -0.25) is 9.59 Å². The lowest BCUT2D eigenvalue weighted by Gasteiger charge is -2.13. The third kappa shape index (κ3) is 5.52. The zero-order valence-corrected chi connectivity index (χ0v) is 20.7. The van der Waals surface area contributed by atoms with Crippen LogP contribution in [-0.4, -0.2) is 21.9 Å². The first kappa shape index (κ1) is 24.6. The largest absolute Gasteiger partial charge is 0.508 e. The predicted molar refractivity (Wildman–Crippen MR) is 148 cm³/mol. The lowest BCUT2D eigenvalue weighted by Crippen LogP contribution is -2.26. The minimum Gasteiger partial charge on any atom is -0.508 e. The molecule has 4 aromatic rings. The number of aromatic hydroxyl groups is 1. The van der Waals surface area contributed by atoms with Gasteiger partial charge in [-0.1, -0.05) is 48.5 Å². The number of allylic oxidation sites excluding steroid dienone is 3. The topological polar surface area (TPSA) is 120 Å². The van der Waals surface area contributed by atoms with Crippen molar-refractivity contribution in [3.05, 3.63) is 125 Å². The molecule has 7 nitrogen and oxygen atoms in total. The zero-order chi connectivity index (χ0) is 26.5.